The Bertz CT molecular complexity index is 531. The van der Waals surface area contributed by atoms with Crippen LogP contribution >= 0.6 is 0 Å². The number of nitrogens with zero attached hydrogens (tertiary/aromatic N) is 1. The number of aromatic nitrogens is 2. The van der Waals surface area contributed by atoms with E-state index in [1.54, 1.807) is 0 Å². The minimum atomic E-state index is -0.577. The van der Waals surface area contributed by atoms with Gasteiger partial charge in [0.15, 0.2) is 5.82 Å². The summed E-state index contributed by atoms with van der Waals surface area (Å²) in [4.78, 5) is 17.9. The number of carbonyl (C=O) groups is 1. The van der Waals surface area contributed by atoms with Gasteiger partial charge in [-0.1, -0.05) is 6.07 Å². The van der Waals surface area contributed by atoms with E-state index in [-0.39, 0.29) is 11.9 Å². The van der Waals surface area contributed by atoms with Crippen molar-refractivity contribution in [2.24, 2.45) is 5.73 Å². The van der Waals surface area contributed by atoms with Crippen molar-refractivity contribution >= 4 is 16.9 Å². The molecular weight excluding hydrogens is 206 g/mol. The molecule has 84 valence electrons. The quantitative estimate of drug-likeness (QED) is 0.819. The standard InChI is InChI=1S/C11H13N3O2/c1-6(2)16-8-5-3-4-7-9(8)14-11(13-7)10(12)15/h3-6H,1-2H3,(H2,12,15)(H,13,14). The second-order valence-corrected chi connectivity index (χ2v) is 3.77. The monoisotopic (exact) mass is 219 g/mol. The van der Waals surface area contributed by atoms with Crippen LogP contribution in [0.15, 0.2) is 18.2 Å². The number of fused-ring (bicyclic) bond motifs is 1. The topological polar surface area (TPSA) is 81.0 Å². The highest BCUT2D eigenvalue weighted by Gasteiger charge is 2.11. The summed E-state index contributed by atoms with van der Waals surface area (Å²) >= 11 is 0. The number of nitrogens with two attached hydrogens (primary N) is 1. The third-order valence-corrected chi connectivity index (χ3v) is 2.07. The van der Waals surface area contributed by atoms with Gasteiger partial charge in [0.1, 0.15) is 11.3 Å². The summed E-state index contributed by atoms with van der Waals surface area (Å²) in [5, 5.41) is 0. The van der Waals surface area contributed by atoms with Gasteiger partial charge in [-0.25, -0.2) is 4.98 Å². The second-order valence-electron chi connectivity index (χ2n) is 3.77. The number of nitrogens with one attached hydrogen (secondary N) is 1. The third kappa shape index (κ3) is 1.84. The Morgan fingerprint density at radius 1 is 1.50 bits per heavy atom. The minimum absolute atomic E-state index is 0.0549. The van der Waals surface area contributed by atoms with Crippen molar-refractivity contribution in [1.82, 2.24) is 9.97 Å². The first-order chi connectivity index (χ1) is 7.58. The molecule has 3 N–H and O–H groups in total. The molecule has 1 amide bonds. The number of hydrogen-bond donors (Lipinski definition) is 2. The molecule has 1 heterocycles. The molecule has 16 heavy (non-hydrogen) atoms. The Balaban J connectivity index is 2.54. The zero-order chi connectivity index (χ0) is 11.7. The van der Waals surface area contributed by atoms with Crippen molar-refractivity contribution in [2.75, 3.05) is 0 Å². The number of para-hydroxylation sites is 1. The lowest BCUT2D eigenvalue weighted by Gasteiger charge is -2.09. The number of carbonyl (C=O) groups excluding carboxylic acids is 1. The van der Waals surface area contributed by atoms with E-state index in [4.69, 9.17) is 10.5 Å². The van der Waals surface area contributed by atoms with Crippen LogP contribution in [0.4, 0.5) is 0 Å². The Kier molecular flexibility index (Phi) is 2.52. The van der Waals surface area contributed by atoms with Crippen molar-refractivity contribution in [2.45, 2.75) is 20.0 Å². The van der Waals surface area contributed by atoms with Crippen LogP contribution < -0.4 is 10.5 Å². The highest BCUT2D eigenvalue weighted by molar-refractivity contribution is 5.94. The van der Waals surface area contributed by atoms with E-state index in [1.165, 1.54) is 0 Å². The number of H-pyrrole nitrogens is 1. The number of aromatic amines is 1. The van der Waals surface area contributed by atoms with Gasteiger partial charge in [-0.3, -0.25) is 4.79 Å². The molecule has 5 nitrogen and oxygen atoms in total. The number of benzene rings is 1. The van der Waals surface area contributed by atoms with Crippen molar-refractivity contribution in [3.05, 3.63) is 24.0 Å². The van der Waals surface area contributed by atoms with E-state index in [0.29, 0.717) is 11.3 Å². The Hall–Kier alpha value is -2.04. The molecule has 0 saturated heterocycles. The molecule has 1 aromatic heterocycles. The van der Waals surface area contributed by atoms with Gasteiger partial charge in [-0.15, -0.1) is 0 Å². The Morgan fingerprint density at radius 2 is 2.25 bits per heavy atom. The first kappa shape index (κ1) is 10.5. The Labute approximate surface area is 92.6 Å². The van der Waals surface area contributed by atoms with Gasteiger partial charge in [0.2, 0.25) is 0 Å². The first-order valence-electron chi connectivity index (χ1n) is 5.03. The largest absolute Gasteiger partial charge is 0.489 e. The van der Waals surface area contributed by atoms with Crippen LogP contribution in [0.2, 0.25) is 0 Å². The summed E-state index contributed by atoms with van der Waals surface area (Å²) in [5.74, 6) is 0.220. The SMILES string of the molecule is CC(C)Oc1cccc2[nH]c(C(N)=O)nc12. The highest BCUT2D eigenvalue weighted by atomic mass is 16.5. The van der Waals surface area contributed by atoms with Crippen LogP contribution in [0, 0.1) is 0 Å². The van der Waals surface area contributed by atoms with Crippen molar-refractivity contribution in [3.8, 4) is 5.75 Å². The summed E-state index contributed by atoms with van der Waals surface area (Å²) in [6.07, 6.45) is 0.0549. The summed E-state index contributed by atoms with van der Waals surface area (Å²) in [6, 6.07) is 5.47. The zero-order valence-corrected chi connectivity index (χ0v) is 9.15. The van der Waals surface area contributed by atoms with Crippen LogP contribution in [-0.2, 0) is 0 Å². The Morgan fingerprint density at radius 3 is 2.88 bits per heavy atom. The molecule has 0 radical (unpaired) electrons. The molecule has 2 rings (SSSR count). The molecule has 0 saturated carbocycles. The van der Waals surface area contributed by atoms with E-state index in [9.17, 15) is 4.79 Å². The van der Waals surface area contributed by atoms with E-state index in [0.717, 1.165) is 5.52 Å². The summed E-state index contributed by atoms with van der Waals surface area (Å²) in [6.45, 7) is 3.86. The average molecular weight is 219 g/mol. The molecule has 0 atom stereocenters. The maximum Gasteiger partial charge on any atom is 0.284 e. The fourth-order valence-corrected chi connectivity index (χ4v) is 1.47. The molecule has 5 heteroatoms. The van der Waals surface area contributed by atoms with Crippen molar-refractivity contribution < 1.29 is 9.53 Å². The van der Waals surface area contributed by atoms with Gasteiger partial charge in [-0.2, -0.15) is 0 Å². The van der Waals surface area contributed by atoms with Gasteiger partial charge in [0.25, 0.3) is 5.91 Å². The lowest BCUT2D eigenvalue weighted by Crippen LogP contribution is -2.12. The fourth-order valence-electron chi connectivity index (χ4n) is 1.47. The van der Waals surface area contributed by atoms with Gasteiger partial charge >= 0.3 is 0 Å². The van der Waals surface area contributed by atoms with E-state index in [1.807, 2.05) is 32.0 Å². The van der Waals surface area contributed by atoms with Crippen LogP contribution in [0.25, 0.3) is 11.0 Å². The number of ether oxygens (including phenoxy) is 1. The van der Waals surface area contributed by atoms with E-state index < -0.39 is 5.91 Å². The van der Waals surface area contributed by atoms with E-state index in [2.05, 4.69) is 9.97 Å². The van der Waals surface area contributed by atoms with Crippen LogP contribution in [0.1, 0.15) is 24.5 Å². The summed E-state index contributed by atoms with van der Waals surface area (Å²) in [7, 11) is 0. The van der Waals surface area contributed by atoms with Gasteiger partial charge < -0.3 is 15.5 Å². The van der Waals surface area contributed by atoms with Gasteiger partial charge in [-0.05, 0) is 26.0 Å². The van der Waals surface area contributed by atoms with Gasteiger partial charge in [0, 0.05) is 0 Å². The zero-order valence-electron chi connectivity index (χ0n) is 9.15. The lowest BCUT2D eigenvalue weighted by molar-refractivity contribution is 0.0991. The maximum absolute atomic E-state index is 11.0. The van der Waals surface area contributed by atoms with Crippen molar-refractivity contribution in [3.63, 3.8) is 0 Å². The fraction of sp³-hybridized carbons (Fsp3) is 0.273. The molecule has 0 aliphatic carbocycles. The molecule has 0 spiro atoms. The van der Waals surface area contributed by atoms with Crippen LogP contribution in [0.3, 0.4) is 0 Å². The van der Waals surface area contributed by atoms with Crippen LogP contribution in [-0.4, -0.2) is 22.0 Å². The maximum atomic E-state index is 11.0. The molecule has 1 aromatic carbocycles. The first-order valence-corrected chi connectivity index (χ1v) is 5.03. The normalized spacial score (nSPS) is 10.9. The molecule has 0 bridgehead atoms. The van der Waals surface area contributed by atoms with Gasteiger partial charge in [0.05, 0.1) is 11.6 Å². The molecule has 0 fully saturated rings. The van der Waals surface area contributed by atoms with Crippen molar-refractivity contribution in [1.29, 1.82) is 0 Å². The number of hydrogen-bond acceptors (Lipinski definition) is 3. The smallest absolute Gasteiger partial charge is 0.284 e. The molecule has 0 unspecified atom stereocenters. The average Bonchev–Trinajstić information content (AvgIpc) is 2.61. The van der Waals surface area contributed by atoms with Crippen LogP contribution in [0.5, 0.6) is 5.75 Å². The number of rotatable bonds is 3. The molecular formula is C11H13N3O2. The highest BCUT2D eigenvalue weighted by Crippen LogP contribution is 2.24. The van der Waals surface area contributed by atoms with E-state index >= 15 is 0 Å². The number of amides is 1. The predicted octanol–water partition coefficient (Wildman–Crippen LogP) is 1.45. The minimum Gasteiger partial charge on any atom is -0.489 e. The number of primary amides is 1. The number of imidazole rings is 1. The summed E-state index contributed by atoms with van der Waals surface area (Å²) in [5.41, 5.74) is 6.53. The predicted molar refractivity (Wildman–Crippen MR) is 60.4 cm³/mol. The molecule has 0 aliphatic rings. The third-order valence-electron chi connectivity index (χ3n) is 2.07. The molecule has 2 aromatic rings. The second kappa shape index (κ2) is 3.84. The molecule has 0 aliphatic heterocycles. The summed E-state index contributed by atoms with van der Waals surface area (Å²) < 4.78 is 5.59. The lowest BCUT2D eigenvalue weighted by atomic mass is 10.3.